The van der Waals surface area contributed by atoms with E-state index in [0.717, 1.165) is 23.7 Å². The predicted octanol–water partition coefficient (Wildman–Crippen LogP) is 3.64. The van der Waals surface area contributed by atoms with E-state index in [0.29, 0.717) is 37.3 Å². The van der Waals surface area contributed by atoms with Crippen LogP contribution in [0.15, 0.2) is 46.3 Å². The maximum Gasteiger partial charge on any atom is 0.260 e. The topological polar surface area (TPSA) is 71.7 Å². The number of thiophene rings is 1. The summed E-state index contributed by atoms with van der Waals surface area (Å²) in [5.74, 6) is 2.45. The molecule has 3 aromatic rings. The molecule has 0 atom stereocenters. The van der Waals surface area contributed by atoms with Crippen LogP contribution in [0.25, 0.3) is 10.7 Å². The first-order chi connectivity index (χ1) is 14.6. The van der Waals surface area contributed by atoms with Gasteiger partial charge in [0.1, 0.15) is 5.75 Å². The molecule has 0 saturated carbocycles. The van der Waals surface area contributed by atoms with Gasteiger partial charge in [-0.3, -0.25) is 9.69 Å². The maximum atomic E-state index is 12.5. The number of benzene rings is 1. The molecule has 0 unspecified atom stereocenters. The fourth-order valence-corrected chi connectivity index (χ4v) is 4.01. The van der Waals surface area contributed by atoms with Gasteiger partial charge in [0, 0.05) is 26.2 Å². The zero-order valence-corrected chi connectivity index (χ0v) is 18.1. The fraction of sp³-hybridized carbons (Fsp3) is 0.409. The SMILES string of the molecule is CC(C)c1ccc(OCC(=O)N2CCN(Cc3nc(-c4cccs4)no3)CC2)cc1. The molecular weight excluding hydrogens is 400 g/mol. The summed E-state index contributed by atoms with van der Waals surface area (Å²) in [5.41, 5.74) is 1.26. The van der Waals surface area contributed by atoms with Gasteiger partial charge in [-0.05, 0) is 35.1 Å². The second-order valence-corrected chi connectivity index (χ2v) is 8.61. The first kappa shape index (κ1) is 20.6. The van der Waals surface area contributed by atoms with Crippen molar-refractivity contribution in [1.82, 2.24) is 19.9 Å². The molecule has 1 aliphatic rings. The number of carbonyl (C=O) groups excluding carboxylic acids is 1. The van der Waals surface area contributed by atoms with Gasteiger partial charge < -0.3 is 14.2 Å². The Kier molecular flexibility index (Phi) is 6.44. The van der Waals surface area contributed by atoms with E-state index >= 15 is 0 Å². The minimum atomic E-state index is 0.0142. The molecule has 1 saturated heterocycles. The van der Waals surface area contributed by atoms with Crippen molar-refractivity contribution >= 4 is 17.2 Å². The van der Waals surface area contributed by atoms with Crippen molar-refractivity contribution in [1.29, 1.82) is 0 Å². The highest BCUT2D eigenvalue weighted by Crippen LogP contribution is 2.22. The summed E-state index contributed by atoms with van der Waals surface area (Å²) >= 11 is 1.59. The normalized spacial score (nSPS) is 15.0. The van der Waals surface area contributed by atoms with Gasteiger partial charge >= 0.3 is 0 Å². The van der Waals surface area contributed by atoms with Crippen molar-refractivity contribution in [2.45, 2.75) is 26.3 Å². The van der Waals surface area contributed by atoms with Gasteiger partial charge in [0.2, 0.25) is 11.7 Å². The van der Waals surface area contributed by atoms with Crippen LogP contribution in [0.4, 0.5) is 0 Å². The van der Waals surface area contributed by atoms with Crippen LogP contribution >= 0.6 is 11.3 Å². The van der Waals surface area contributed by atoms with Gasteiger partial charge in [-0.1, -0.05) is 37.2 Å². The Morgan fingerprint density at radius 3 is 2.60 bits per heavy atom. The lowest BCUT2D eigenvalue weighted by Crippen LogP contribution is -2.49. The highest BCUT2D eigenvalue weighted by Gasteiger charge is 2.23. The smallest absolute Gasteiger partial charge is 0.260 e. The van der Waals surface area contributed by atoms with E-state index in [9.17, 15) is 4.79 Å². The molecule has 158 valence electrons. The van der Waals surface area contributed by atoms with E-state index in [2.05, 4.69) is 28.9 Å². The van der Waals surface area contributed by atoms with Gasteiger partial charge in [-0.15, -0.1) is 11.3 Å². The minimum Gasteiger partial charge on any atom is -0.484 e. The third kappa shape index (κ3) is 5.06. The average molecular weight is 427 g/mol. The molecule has 0 spiro atoms. The Bertz CT molecular complexity index is 945. The van der Waals surface area contributed by atoms with Crippen molar-refractivity contribution in [2.75, 3.05) is 32.8 Å². The van der Waals surface area contributed by atoms with Gasteiger partial charge in [-0.2, -0.15) is 4.98 Å². The zero-order valence-electron chi connectivity index (χ0n) is 17.3. The summed E-state index contributed by atoms with van der Waals surface area (Å²) in [7, 11) is 0. The van der Waals surface area contributed by atoms with Crippen LogP contribution in [0.1, 0.15) is 31.2 Å². The Labute approximate surface area is 180 Å². The molecule has 7 nitrogen and oxygen atoms in total. The van der Waals surface area contributed by atoms with Crippen molar-refractivity contribution in [3.05, 3.63) is 53.2 Å². The van der Waals surface area contributed by atoms with Crippen molar-refractivity contribution in [2.24, 2.45) is 0 Å². The van der Waals surface area contributed by atoms with Gasteiger partial charge in [0.05, 0.1) is 11.4 Å². The van der Waals surface area contributed by atoms with E-state index in [1.165, 1.54) is 5.56 Å². The van der Waals surface area contributed by atoms with Crippen LogP contribution in [-0.2, 0) is 11.3 Å². The third-order valence-electron chi connectivity index (χ3n) is 5.20. The van der Waals surface area contributed by atoms with E-state index in [4.69, 9.17) is 9.26 Å². The first-order valence-electron chi connectivity index (χ1n) is 10.2. The summed E-state index contributed by atoms with van der Waals surface area (Å²) in [6.45, 7) is 7.84. The quantitative estimate of drug-likeness (QED) is 0.574. The summed E-state index contributed by atoms with van der Waals surface area (Å²) < 4.78 is 11.1. The lowest BCUT2D eigenvalue weighted by atomic mass is 10.0. The Morgan fingerprint density at radius 1 is 1.17 bits per heavy atom. The van der Waals surface area contributed by atoms with E-state index in [1.54, 1.807) is 11.3 Å². The number of hydrogen-bond donors (Lipinski definition) is 0. The Hall–Kier alpha value is -2.71. The van der Waals surface area contributed by atoms with Gasteiger partial charge in [0.25, 0.3) is 5.91 Å². The Morgan fingerprint density at radius 2 is 1.93 bits per heavy atom. The largest absolute Gasteiger partial charge is 0.484 e. The molecule has 0 N–H and O–H groups in total. The molecule has 0 bridgehead atoms. The summed E-state index contributed by atoms with van der Waals surface area (Å²) in [6, 6.07) is 11.9. The number of amides is 1. The molecule has 4 rings (SSSR count). The lowest BCUT2D eigenvalue weighted by molar-refractivity contribution is -0.135. The molecule has 1 aromatic carbocycles. The lowest BCUT2D eigenvalue weighted by Gasteiger charge is -2.33. The number of hydrogen-bond acceptors (Lipinski definition) is 7. The third-order valence-corrected chi connectivity index (χ3v) is 6.07. The molecule has 0 radical (unpaired) electrons. The van der Waals surface area contributed by atoms with Crippen molar-refractivity contribution in [3.8, 4) is 16.5 Å². The van der Waals surface area contributed by atoms with Crippen LogP contribution in [0.2, 0.25) is 0 Å². The fourth-order valence-electron chi connectivity index (χ4n) is 3.36. The molecule has 1 amide bonds. The molecule has 2 aromatic heterocycles. The highest BCUT2D eigenvalue weighted by molar-refractivity contribution is 7.13. The summed E-state index contributed by atoms with van der Waals surface area (Å²) in [5, 5.41) is 6.04. The zero-order chi connectivity index (χ0) is 20.9. The average Bonchev–Trinajstić information content (AvgIpc) is 3.45. The Balaban J connectivity index is 1.21. The van der Waals surface area contributed by atoms with Crippen molar-refractivity contribution < 1.29 is 14.1 Å². The van der Waals surface area contributed by atoms with Crippen LogP contribution in [0.3, 0.4) is 0 Å². The van der Waals surface area contributed by atoms with E-state index in [-0.39, 0.29) is 12.5 Å². The molecule has 1 aliphatic heterocycles. The van der Waals surface area contributed by atoms with Crippen LogP contribution in [-0.4, -0.2) is 58.6 Å². The minimum absolute atomic E-state index is 0.0142. The summed E-state index contributed by atoms with van der Waals surface area (Å²) in [4.78, 5) is 22.0. The number of carbonyl (C=O) groups is 1. The van der Waals surface area contributed by atoms with Crippen molar-refractivity contribution in [3.63, 3.8) is 0 Å². The monoisotopic (exact) mass is 426 g/mol. The number of nitrogens with zero attached hydrogens (tertiary/aromatic N) is 4. The second-order valence-electron chi connectivity index (χ2n) is 7.66. The number of ether oxygens (including phenoxy) is 1. The number of piperazine rings is 1. The van der Waals surface area contributed by atoms with E-state index in [1.807, 2.05) is 46.7 Å². The van der Waals surface area contributed by atoms with Crippen LogP contribution in [0, 0.1) is 0 Å². The highest BCUT2D eigenvalue weighted by atomic mass is 32.1. The van der Waals surface area contributed by atoms with Crippen LogP contribution < -0.4 is 4.74 Å². The number of rotatable bonds is 7. The molecule has 0 aliphatic carbocycles. The van der Waals surface area contributed by atoms with Gasteiger partial charge in [-0.25, -0.2) is 0 Å². The molecule has 30 heavy (non-hydrogen) atoms. The van der Waals surface area contributed by atoms with Gasteiger partial charge in [0.15, 0.2) is 6.61 Å². The maximum absolute atomic E-state index is 12.5. The summed E-state index contributed by atoms with van der Waals surface area (Å²) in [6.07, 6.45) is 0. The second kappa shape index (κ2) is 9.40. The molecular formula is C22H26N4O3S. The molecule has 8 heteroatoms. The van der Waals surface area contributed by atoms with Crippen LogP contribution in [0.5, 0.6) is 5.75 Å². The molecule has 1 fully saturated rings. The molecule has 3 heterocycles. The first-order valence-corrected chi connectivity index (χ1v) is 11.1. The predicted molar refractivity (Wildman–Crippen MR) is 115 cm³/mol. The number of aromatic nitrogens is 2. The standard InChI is InChI=1S/C22H26N4O3S/c1-16(2)17-5-7-18(8-6-17)28-15-21(27)26-11-9-25(10-12-26)14-20-23-22(24-29-20)19-4-3-13-30-19/h3-8,13,16H,9-12,14-15H2,1-2H3. The van der Waals surface area contributed by atoms with E-state index < -0.39 is 0 Å².